The summed E-state index contributed by atoms with van der Waals surface area (Å²) in [5, 5.41) is 2.66. The third-order valence-corrected chi connectivity index (χ3v) is 12.4. The Hall–Kier alpha value is -6.52. The Balaban J connectivity index is 1.38. The van der Waals surface area contributed by atoms with E-state index in [1.807, 2.05) is 0 Å². The number of anilines is 3. The lowest BCUT2D eigenvalue weighted by molar-refractivity contribution is 0.596. The van der Waals surface area contributed by atoms with Crippen molar-refractivity contribution in [2.45, 2.75) is 52.4 Å². The highest BCUT2D eigenvalue weighted by atomic mass is 15.2. The van der Waals surface area contributed by atoms with Gasteiger partial charge in [-0.1, -0.05) is 175 Å². The molecule has 0 bridgehead atoms. The minimum atomic E-state index is -0.124. The number of nitrogens with zero attached hydrogens (tertiary/aromatic N) is 3. The topological polar surface area (TPSA) is 13.1 Å². The van der Waals surface area contributed by atoms with Crippen molar-refractivity contribution < 1.29 is 0 Å². The van der Waals surface area contributed by atoms with Crippen LogP contribution < -0.4 is 21.3 Å². The molecule has 2 aromatic heterocycles. The van der Waals surface area contributed by atoms with Gasteiger partial charge in [0.05, 0.1) is 17.1 Å². The number of rotatable bonds is 5. The lowest BCUT2D eigenvalue weighted by Gasteiger charge is -2.36. The van der Waals surface area contributed by atoms with E-state index in [9.17, 15) is 0 Å². The molecule has 9 aromatic rings. The van der Waals surface area contributed by atoms with Gasteiger partial charge in [0.2, 0.25) is 0 Å². The Kier molecular flexibility index (Phi) is 7.48. The molecule has 0 spiro atoms. The number of benzene rings is 7. The zero-order chi connectivity index (χ0) is 39.5. The summed E-state index contributed by atoms with van der Waals surface area (Å²) in [6.45, 7) is 14.3. The molecular formula is C54H46BN3. The van der Waals surface area contributed by atoms with E-state index < -0.39 is 0 Å². The van der Waals surface area contributed by atoms with Gasteiger partial charge in [0.1, 0.15) is 0 Å². The van der Waals surface area contributed by atoms with Crippen molar-refractivity contribution in [1.82, 2.24) is 9.13 Å². The first kappa shape index (κ1) is 34.7. The Bertz CT molecular complexity index is 2850. The average molecular weight is 748 g/mol. The second-order valence-corrected chi connectivity index (χ2v) is 18.2. The van der Waals surface area contributed by atoms with E-state index in [1.165, 1.54) is 83.2 Å². The van der Waals surface area contributed by atoms with Crippen LogP contribution in [0.4, 0.5) is 17.1 Å². The minimum Gasteiger partial charge on any atom is -0.310 e. The summed E-state index contributed by atoms with van der Waals surface area (Å²) in [6, 6.07) is 63.0. The van der Waals surface area contributed by atoms with Crippen LogP contribution in [0.5, 0.6) is 0 Å². The maximum atomic E-state index is 2.65. The normalized spacial score (nSPS) is 13.0. The van der Waals surface area contributed by atoms with E-state index in [0.29, 0.717) is 0 Å². The fourth-order valence-electron chi connectivity index (χ4n) is 10.4. The summed E-state index contributed by atoms with van der Waals surface area (Å²) in [5.41, 5.74) is 20.1. The summed E-state index contributed by atoms with van der Waals surface area (Å²) in [4.78, 5) is 2.44. The van der Waals surface area contributed by atoms with E-state index >= 15 is 0 Å². The third-order valence-electron chi connectivity index (χ3n) is 12.4. The van der Waals surface area contributed by atoms with Crippen molar-refractivity contribution >= 4 is 62.0 Å². The standard InChI is InChI=1S/C54H46BN3/c1-53(2,3)46-40-29-19-31-42-51(40)57(49(46)35-21-11-7-12-22-35)44-33-39(56(37-25-15-9-16-26-37)38-27-17-10-18-28-38)34-45-48(44)55(42)43-32-20-30-41-47(54(4,5)6)50(58(45)52(41)43)36-23-13-8-14-24-36/h7-34H,1-6H3. The molecular weight excluding hydrogens is 701 g/mol. The van der Waals surface area contributed by atoms with Crippen LogP contribution in [-0.4, -0.2) is 15.8 Å². The molecule has 11 rings (SSSR count). The van der Waals surface area contributed by atoms with Crippen LogP contribution in [0.1, 0.15) is 52.7 Å². The molecule has 0 fully saturated rings. The molecule has 7 aromatic carbocycles. The molecule has 2 aliphatic heterocycles. The largest absolute Gasteiger partial charge is 0.310 e. The first-order valence-electron chi connectivity index (χ1n) is 20.7. The van der Waals surface area contributed by atoms with Crippen molar-refractivity contribution in [3.63, 3.8) is 0 Å². The number of hydrogen-bond donors (Lipinski definition) is 0. The Morgan fingerprint density at radius 2 is 0.793 bits per heavy atom. The maximum Gasteiger partial charge on any atom is 0.252 e. The maximum absolute atomic E-state index is 2.65. The van der Waals surface area contributed by atoms with E-state index in [0.717, 1.165) is 17.1 Å². The number of fused-ring (bicyclic) bond motifs is 4. The SMILES string of the molecule is CC(C)(C)c1c(-c2ccccc2)n2c3c(cccc13)B1c3c-2cc(N(c2ccccc2)c2ccccc2)cc3-n2c(-c3ccccc3)c(C(C)(C)C)c3cccc1c32. The molecule has 0 saturated carbocycles. The molecule has 0 radical (unpaired) electrons. The number of aromatic nitrogens is 2. The molecule has 0 saturated heterocycles. The second kappa shape index (κ2) is 12.5. The van der Waals surface area contributed by atoms with Crippen molar-refractivity contribution in [3.8, 4) is 33.9 Å². The van der Waals surface area contributed by atoms with E-state index in [2.05, 4.69) is 225 Å². The van der Waals surface area contributed by atoms with Crippen LogP contribution >= 0.6 is 0 Å². The average Bonchev–Trinajstić information content (AvgIpc) is 3.79. The predicted octanol–water partition coefficient (Wildman–Crippen LogP) is 12.1. The smallest absolute Gasteiger partial charge is 0.252 e. The molecule has 4 heterocycles. The Labute approximate surface area is 341 Å². The lowest BCUT2D eigenvalue weighted by Crippen LogP contribution is -2.59. The fraction of sp³-hybridized carbons (Fsp3) is 0.148. The van der Waals surface area contributed by atoms with Gasteiger partial charge in [0.25, 0.3) is 6.71 Å². The van der Waals surface area contributed by atoms with Gasteiger partial charge in [-0.25, -0.2) is 0 Å². The third kappa shape index (κ3) is 4.94. The molecule has 0 amide bonds. The number of para-hydroxylation sites is 4. The Morgan fingerprint density at radius 3 is 1.17 bits per heavy atom. The molecule has 4 heteroatoms. The van der Waals surface area contributed by atoms with Gasteiger partial charge >= 0.3 is 0 Å². The minimum absolute atomic E-state index is 0.0473. The molecule has 0 unspecified atom stereocenters. The van der Waals surface area contributed by atoms with Gasteiger partial charge in [-0.2, -0.15) is 0 Å². The van der Waals surface area contributed by atoms with Crippen molar-refractivity contribution in [3.05, 3.63) is 181 Å². The molecule has 280 valence electrons. The zero-order valence-corrected chi connectivity index (χ0v) is 34.1. The van der Waals surface area contributed by atoms with Crippen LogP contribution in [0, 0.1) is 0 Å². The zero-order valence-electron chi connectivity index (χ0n) is 34.1. The van der Waals surface area contributed by atoms with Crippen molar-refractivity contribution in [1.29, 1.82) is 0 Å². The van der Waals surface area contributed by atoms with Gasteiger partial charge in [-0.05, 0) is 85.9 Å². The van der Waals surface area contributed by atoms with Crippen LogP contribution in [0.25, 0.3) is 55.7 Å². The lowest BCUT2D eigenvalue weighted by atomic mass is 9.34. The van der Waals surface area contributed by atoms with Gasteiger partial charge < -0.3 is 14.0 Å². The van der Waals surface area contributed by atoms with Crippen molar-refractivity contribution in [2.75, 3.05) is 4.90 Å². The summed E-state index contributed by atoms with van der Waals surface area (Å²) >= 11 is 0. The highest BCUT2D eigenvalue weighted by Crippen LogP contribution is 2.49. The van der Waals surface area contributed by atoms with Gasteiger partial charge in [-0.3, -0.25) is 0 Å². The summed E-state index contributed by atoms with van der Waals surface area (Å²) in [6.07, 6.45) is 0. The van der Waals surface area contributed by atoms with Crippen LogP contribution in [-0.2, 0) is 10.8 Å². The predicted molar refractivity (Wildman–Crippen MR) is 248 cm³/mol. The summed E-state index contributed by atoms with van der Waals surface area (Å²) in [5.74, 6) is 0. The van der Waals surface area contributed by atoms with Crippen LogP contribution in [0.15, 0.2) is 170 Å². The van der Waals surface area contributed by atoms with Gasteiger partial charge in [0, 0.05) is 44.6 Å². The van der Waals surface area contributed by atoms with E-state index in [1.54, 1.807) is 0 Å². The molecule has 0 aliphatic carbocycles. The van der Waals surface area contributed by atoms with E-state index in [-0.39, 0.29) is 17.5 Å². The molecule has 0 N–H and O–H groups in total. The molecule has 0 atom stereocenters. The van der Waals surface area contributed by atoms with E-state index in [4.69, 9.17) is 0 Å². The first-order chi connectivity index (χ1) is 28.1. The molecule has 3 nitrogen and oxygen atoms in total. The Morgan fingerprint density at radius 1 is 0.414 bits per heavy atom. The van der Waals surface area contributed by atoms with Gasteiger partial charge in [-0.15, -0.1) is 0 Å². The van der Waals surface area contributed by atoms with Crippen LogP contribution in [0.2, 0.25) is 0 Å². The molecule has 2 aliphatic rings. The monoisotopic (exact) mass is 747 g/mol. The highest BCUT2D eigenvalue weighted by Gasteiger charge is 2.44. The quantitative estimate of drug-likeness (QED) is 0.160. The highest BCUT2D eigenvalue weighted by molar-refractivity contribution is 7.00. The first-order valence-corrected chi connectivity index (χ1v) is 20.7. The van der Waals surface area contributed by atoms with Crippen molar-refractivity contribution in [2.24, 2.45) is 0 Å². The second-order valence-electron chi connectivity index (χ2n) is 18.2. The summed E-state index contributed by atoms with van der Waals surface area (Å²) in [7, 11) is 0. The fourth-order valence-corrected chi connectivity index (χ4v) is 10.4. The van der Waals surface area contributed by atoms with Crippen LogP contribution in [0.3, 0.4) is 0 Å². The van der Waals surface area contributed by atoms with Gasteiger partial charge in [0.15, 0.2) is 0 Å². The summed E-state index contributed by atoms with van der Waals surface area (Å²) < 4.78 is 5.30. The number of hydrogen-bond acceptors (Lipinski definition) is 1. The molecule has 58 heavy (non-hydrogen) atoms.